The minimum Gasteiger partial charge on any atom is -0.324 e. The van der Waals surface area contributed by atoms with Crippen molar-refractivity contribution in [3.8, 4) is 0 Å². The summed E-state index contributed by atoms with van der Waals surface area (Å²) in [5, 5.41) is -0.554. The number of hydrogen-bond acceptors (Lipinski definition) is 2. The highest BCUT2D eigenvalue weighted by atomic mass is 35.5. The summed E-state index contributed by atoms with van der Waals surface area (Å²) in [6.45, 7) is 1.57. The molecule has 1 aromatic heterocycles. The summed E-state index contributed by atoms with van der Waals surface area (Å²) in [5.41, 5.74) is 4.78. The monoisotopic (exact) mass is 224 g/mol. The van der Waals surface area contributed by atoms with Crippen LogP contribution in [0.1, 0.15) is 24.1 Å². The van der Waals surface area contributed by atoms with Crippen molar-refractivity contribution in [3.63, 3.8) is 0 Å². The summed E-state index contributed by atoms with van der Waals surface area (Å²) in [6.07, 6.45) is -3.25. The minimum absolute atomic E-state index is 0.307. The first-order valence-corrected chi connectivity index (χ1v) is 4.18. The van der Waals surface area contributed by atoms with Crippen LogP contribution in [0.2, 0.25) is 5.15 Å². The van der Waals surface area contributed by atoms with Gasteiger partial charge in [-0.15, -0.1) is 0 Å². The van der Waals surface area contributed by atoms with E-state index in [9.17, 15) is 13.2 Å². The normalized spacial score (nSPS) is 14.1. The van der Waals surface area contributed by atoms with Crippen molar-refractivity contribution in [1.82, 2.24) is 4.98 Å². The molecular formula is C8H8ClF3N2. The van der Waals surface area contributed by atoms with Crippen molar-refractivity contribution < 1.29 is 13.2 Å². The first-order chi connectivity index (χ1) is 6.32. The first-order valence-electron chi connectivity index (χ1n) is 3.80. The fraction of sp³-hybridized carbons (Fsp3) is 0.375. The molecule has 0 amide bonds. The molecule has 0 saturated heterocycles. The van der Waals surface area contributed by atoms with Crippen molar-refractivity contribution in [2.24, 2.45) is 5.73 Å². The Labute approximate surface area is 83.9 Å². The molecule has 78 valence electrons. The van der Waals surface area contributed by atoms with Gasteiger partial charge in [0.15, 0.2) is 0 Å². The zero-order chi connectivity index (χ0) is 10.9. The summed E-state index contributed by atoms with van der Waals surface area (Å²) in [7, 11) is 0. The van der Waals surface area contributed by atoms with Gasteiger partial charge in [-0.25, -0.2) is 4.98 Å². The molecule has 1 atom stereocenters. The lowest BCUT2D eigenvalue weighted by Crippen LogP contribution is -2.11. The molecule has 0 aliphatic carbocycles. The number of pyridine rings is 1. The van der Waals surface area contributed by atoms with E-state index in [4.69, 9.17) is 17.3 Å². The fourth-order valence-electron chi connectivity index (χ4n) is 0.912. The van der Waals surface area contributed by atoms with Crippen molar-refractivity contribution in [2.75, 3.05) is 0 Å². The van der Waals surface area contributed by atoms with Crippen LogP contribution in [-0.4, -0.2) is 4.98 Å². The van der Waals surface area contributed by atoms with Crippen molar-refractivity contribution >= 4 is 11.6 Å². The zero-order valence-corrected chi connectivity index (χ0v) is 8.02. The van der Waals surface area contributed by atoms with E-state index in [-0.39, 0.29) is 0 Å². The van der Waals surface area contributed by atoms with Gasteiger partial charge in [0, 0.05) is 12.2 Å². The highest BCUT2D eigenvalue weighted by Crippen LogP contribution is 2.34. The lowest BCUT2D eigenvalue weighted by atomic mass is 10.1. The summed E-state index contributed by atoms with van der Waals surface area (Å²) in [5.74, 6) is 0. The van der Waals surface area contributed by atoms with E-state index >= 15 is 0 Å². The topological polar surface area (TPSA) is 38.9 Å². The molecule has 1 heterocycles. The molecule has 0 aliphatic heterocycles. The Kier molecular flexibility index (Phi) is 3.01. The first kappa shape index (κ1) is 11.3. The molecule has 0 unspecified atom stereocenters. The number of rotatable bonds is 1. The number of halogens is 4. The maximum atomic E-state index is 12.3. The molecule has 0 aliphatic rings. The van der Waals surface area contributed by atoms with Crippen LogP contribution in [0.4, 0.5) is 13.2 Å². The van der Waals surface area contributed by atoms with Crippen LogP contribution >= 0.6 is 11.6 Å². The van der Waals surface area contributed by atoms with Crippen LogP contribution in [0.3, 0.4) is 0 Å². The number of aromatic nitrogens is 1. The summed E-state index contributed by atoms with van der Waals surface area (Å²) >= 11 is 5.31. The van der Waals surface area contributed by atoms with Crippen LogP contribution in [0.25, 0.3) is 0 Å². The summed E-state index contributed by atoms with van der Waals surface area (Å²) < 4.78 is 37.0. The Morgan fingerprint density at radius 3 is 2.50 bits per heavy atom. The Morgan fingerprint density at radius 1 is 1.50 bits per heavy atom. The van der Waals surface area contributed by atoms with Crippen molar-refractivity contribution in [3.05, 3.63) is 28.5 Å². The van der Waals surface area contributed by atoms with Gasteiger partial charge in [-0.3, -0.25) is 0 Å². The predicted molar refractivity (Wildman–Crippen MR) is 46.9 cm³/mol. The second-order valence-corrected chi connectivity index (χ2v) is 3.25. The Bertz CT molecular complexity index is 336. The number of alkyl halides is 3. The van der Waals surface area contributed by atoms with Gasteiger partial charge in [-0.05, 0) is 18.6 Å². The van der Waals surface area contributed by atoms with Crippen LogP contribution in [-0.2, 0) is 6.18 Å². The smallest absolute Gasteiger partial charge is 0.324 e. The van der Waals surface area contributed by atoms with Gasteiger partial charge in [0.1, 0.15) is 5.15 Å². The van der Waals surface area contributed by atoms with Gasteiger partial charge in [-0.2, -0.15) is 13.2 Å². The van der Waals surface area contributed by atoms with E-state index in [1.165, 1.54) is 6.20 Å². The van der Waals surface area contributed by atoms with Gasteiger partial charge in [0.05, 0.1) is 5.56 Å². The van der Waals surface area contributed by atoms with E-state index < -0.39 is 22.9 Å². The molecule has 0 aromatic carbocycles. The Balaban J connectivity index is 3.22. The molecule has 0 saturated carbocycles. The van der Waals surface area contributed by atoms with Gasteiger partial charge in [-0.1, -0.05) is 11.6 Å². The zero-order valence-electron chi connectivity index (χ0n) is 7.27. The lowest BCUT2D eigenvalue weighted by molar-refractivity contribution is -0.137. The van der Waals surface area contributed by atoms with Crippen LogP contribution in [0, 0.1) is 0 Å². The molecule has 0 spiro atoms. The molecule has 1 rings (SSSR count). The second-order valence-electron chi connectivity index (χ2n) is 2.89. The van der Waals surface area contributed by atoms with E-state index in [0.29, 0.717) is 5.56 Å². The van der Waals surface area contributed by atoms with Gasteiger partial charge in [0.25, 0.3) is 0 Å². The number of nitrogens with two attached hydrogens (primary N) is 1. The number of nitrogens with zero attached hydrogens (tertiary/aromatic N) is 1. The largest absolute Gasteiger partial charge is 0.419 e. The van der Waals surface area contributed by atoms with Gasteiger partial charge < -0.3 is 5.73 Å². The minimum atomic E-state index is -4.49. The standard InChI is InChI=1S/C8H8ClF3N2/c1-4(13)5-2-6(8(10,11)12)7(9)14-3-5/h2-4H,13H2,1H3/t4-/m0/s1. The summed E-state index contributed by atoms with van der Waals surface area (Å²) in [4.78, 5) is 3.43. The quantitative estimate of drug-likeness (QED) is 0.745. The average molecular weight is 225 g/mol. The summed E-state index contributed by atoms with van der Waals surface area (Å²) in [6, 6.07) is 0.417. The highest BCUT2D eigenvalue weighted by molar-refractivity contribution is 6.30. The fourth-order valence-corrected chi connectivity index (χ4v) is 1.12. The van der Waals surface area contributed by atoms with E-state index in [2.05, 4.69) is 4.98 Å². The molecule has 0 bridgehead atoms. The molecular weight excluding hydrogens is 217 g/mol. The maximum Gasteiger partial charge on any atom is 0.419 e. The average Bonchev–Trinajstić information content (AvgIpc) is 2.02. The lowest BCUT2D eigenvalue weighted by Gasteiger charge is -2.11. The molecule has 14 heavy (non-hydrogen) atoms. The second kappa shape index (κ2) is 3.74. The van der Waals surface area contributed by atoms with Crippen molar-refractivity contribution in [2.45, 2.75) is 19.1 Å². The maximum absolute atomic E-state index is 12.3. The highest BCUT2D eigenvalue weighted by Gasteiger charge is 2.34. The molecule has 0 radical (unpaired) electrons. The van der Waals surface area contributed by atoms with Crippen LogP contribution in [0.15, 0.2) is 12.3 Å². The molecule has 1 aromatic rings. The third kappa shape index (κ3) is 2.36. The Morgan fingerprint density at radius 2 is 2.07 bits per heavy atom. The van der Waals surface area contributed by atoms with Crippen molar-refractivity contribution in [1.29, 1.82) is 0 Å². The van der Waals surface area contributed by atoms with E-state index in [1.807, 2.05) is 0 Å². The van der Waals surface area contributed by atoms with Crippen LogP contribution in [0.5, 0.6) is 0 Å². The SMILES string of the molecule is C[C@H](N)c1cnc(Cl)c(C(F)(F)F)c1. The molecule has 6 heteroatoms. The van der Waals surface area contributed by atoms with Gasteiger partial charge in [0.2, 0.25) is 0 Å². The predicted octanol–water partition coefficient (Wildman–Crippen LogP) is 2.77. The van der Waals surface area contributed by atoms with E-state index in [1.54, 1.807) is 6.92 Å². The molecule has 2 N–H and O–H groups in total. The number of hydrogen-bond donors (Lipinski definition) is 1. The Hall–Kier alpha value is -0.810. The van der Waals surface area contributed by atoms with Crippen LogP contribution < -0.4 is 5.73 Å². The third-order valence-electron chi connectivity index (χ3n) is 1.69. The molecule has 0 fully saturated rings. The van der Waals surface area contributed by atoms with E-state index in [0.717, 1.165) is 6.07 Å². The molecule has 2 nitrogen and oxygen atoms in total. The third-order valence-corrected chi connectivity index (χ3v) is 1.99. The van der Waals surface area contributed by atoms with Gasteiger partial charge >= 0.3 is 6.18 Å².